The molecule has 3 aromatic rings. The van der Waals surface area contributed by atoms with Gasteiger partial charge in [0.25, 0.3) is 5.91 Å². The van der Waals surface area contributed by atoms with Gasteiger partial charge in [-0.15, -0.1) is 36.2 Å². The summed E-state index contributed by atoms with van der Waals surface area (Å²) in [7, 11) is 0. The highest BCUT2D eigenvalue weighted by atomic mass is 35.5. The first-order valence-electron chi connectivity index (χ1n) is 9.77. The van der Waals surface area contributed by atoms with Crippen molar-refractivity contribution in [2.24, 2.45) is 11.7 Å². The number of thiazole rings is 1. The zero-order chi connectivity index (χ0) is 19.3. The normalized spacial score (nSPS) is 17.8. The molecule has 2 aromatic carbocycles. The van der Waals surface area contributed by atoms with Crippen molar-refractivity contribution >= 4 is 42.1 Å². The maximum atomic E-state index is 13.0. The molecule has 2 N–H and O–H groups in total. The summed E-state index contributed by atoms with van der Waals surface area (Å²) in [6.07, 6.45) is 1.80. The minimum absolute atomic E-state index is 0. The maximum Gasteiger partial charge on any atom is 0.273 e. The lowest BCUT2D eigenvalue weighted by Gasteiger charge is -2.16. The monoisotopic (exact) mass is 463 g/mol. The number of rotatable bonds is 6. The minimum atomic E-state index is 0. The van der Waals surface area contributed by atoms with Gasteiger partial charge in [-0.05, 0) is 30.0 Å². The van der Waals surface area contributed by atoms with Gasteiger partial charge >= 0.3 is 0 Å². The fourth-order valence-corrected chi connectivity index (χ4v) is 4.71. The molecule has 1 aromatic heterocycles. The number of benzene rings is 2. The second-order valence-corrected chi connectivity index (χ2v) is 8.28. The van der Waals surface area contributed by atoms with Crippen molar-refractivity contribution in [2.75, 3.05) is 19.6 Å². The lowest BCUT2D eigenvalue weighted by molar-refractivity contribution is 0.0781. The molecule has 4 nitrogen and oxygen atoms in total. The van der Waals surface area contributed by atoms with E-state index in [-0.39, 0.29) is 30.7 Å². The Morgan fingerprint density at radius 2 is 1.67 bits per heavy atom. The molecule has 1 aliphatic rings. The van der Waals surface area contributed by atoms with E-state index in [2.05, 4.69) is 41.4 Å². The van der Waals surface area contributed by atoms with Crippen molar-refractivity contribution in [3.8, 4) is 0 Å². The van der Waals surface area contributed by atoms with E-state index in [0.717, 1.165) is 17.8 Å². The second kappa shape index (κ2) is 11.5. The Bertz CT molecular complexity index is 920. The fourth-order valence-electron chi connectivity index (χ4n) is 3.94. The first-order valence-corrected chi connectivity index (χ1v) is 10.6. The number of aromatic nitrogens is 1. The number of likely N-dealkylation sites (tertiary alicyclic amines) is 1. The Hall–Kier alpha value is -1.92. The van der Waals surface area contributed by atoms with Gasteiger partial charge in [-0.2, -0.15) is 0 Å². The summed E-state index contributed by atoms with van der Waals surface area (Å²) in [6.45, 7) is 2.00. The SMILES string of the molecule is Cl.Cl.NC[C@@H]1CN(C(=O)c2csc(CCc3ccccc3)n2)C[C@H]1c1ccccc1. The summed E-state index contributed by atoms with van der Waals surface area (Å²) in [4.78, 5) is 19.5. The molecule has 4 rings (SSSR count). The summed E-state index contributed by atoms with van der Waals surface area (Å²) < 4.78 is 0. The van der Waals surface area contributed by atoms with Crippen LogP contribution in [-0.2, 0) is 12.8 Å². The van der Waals surface area contributed by atoms with Crippen LogP contribution in [0.1, 0.15) is 32.5 Å². The third-order valence-electron chi connectivity index (χ3n) is 5.50. The Balaban J connectivity index is 0.00000160. The van der Waals surface area contributed by atoms with Crippen LogP contribution in [0.2, 0.25) is 0 Å². The highest BCUT2D eigenvalue weighted by molar-refractivity contribution is 7.09. The van der Waals surface area contributed by atoms with Crippen LogP contribution in [0.3, 0.4) is 0 Å². The van der Waals surface area contributed by atoms with Gasteiger partial charge in [0.2, 0.25) is 0 Å². The molecule has 0 radical (unpaired) electrons. The van der Waals surface area contributed by atoms with E-state index < -0.39 is 0 Å². The van der Waals surface area contributed by atoms with E-state index >= 15 is 0 Å². The summed E-state index contributed by atoms with van der Waals surface area (Å²) in [6, 6.07) is 20.8. The molecule has 1 fully saturated rings. The predicted molar refractivity (Wildman–Crippen MR) is 128 cm³/mol. The van der Waals surface area contributed by atoms with Crippen LogP contribution < -0.4 is 5.73 Å². The third-order valence-corrected chi connectivity index (χ3v) is 6.41. The first kappa shape index (κ1) is 24.4. The number of hydrogen-bond donors (Lipinski definition) is 1. The smallest absolute Gasteiger partial charge is 0.273 e. The van der Waals surface area contributed by atoms with Crippen molar-refractivity contribution in [2.45, 2.75) is 18.8 Å². The first-order chi connectivity index (χ1) is 13.7. The Kier molecular flexibility index (Phi) is 9.31. The van der Waals surface area contributed by atoms with E-state index in [9.17, 15) is 4.79 Å². The molecule has 160 valence electrons. The van der Waals surface area contributed by atoms with Gasteiger partial charge in [0.1, 0.15) is 5.69 Å². The quantitative estimate of drug-likeness (QED) is 0.581. The molecule has 0 aliphatic carbocycles. The summed E-state index contributed by atoms with van der Waals surface area (Å²) in [5.74, 6) is 0.618. The zero-order valence-electron chi connectivity index (χ0n) is 16.6. The number of amides is 1. The molecule has 1 saturated heterocycles. The van der Waals surface area contributed by atoms with Gasteiger partial charge in [-0.25, -0.2) is 4.98 Å². The van der Waals surface area contributed by atoms with Crippen LogP contribution >= 0.6 is 36.2 Å². The van der Waals surface area contributed by atoms with E-state index in [4.69, 9.17) is 5.73 Å². The molecule has 30 heavy (non-hydrogen) atoms. The zero-order valence-corrected chi connectivity index (χ0v) is 19.1. The molecule has 0 unspecified atom stereocenters. The molecule has 1 aliphatic heterocycles. The minimum Gasteiger partial charge on any atom is -0.336 e. The van der Waals surface area contributed by atoms with Crippen molar-refractivity contribution < 1.29 is 4.79 Å². The number of nitrogens with two attached hydrogens (primary N) is 1. The number of carbonyl (C=O) groups excluding carboxylic acids is 1. The fraction of sp³-hybridized carbons (Fsp3) is 0.304. The van der Waals surface area contributed by atoms with Gasteiger partial charge in [0.15, 0.2) is 0 Å². The van der Waals surface area contributed by atoms with Gasteiger partial charge in [-0.1, -0.05) is 60.7 Å². The van der Waals surface area contributed by atoms with Gasteiger partial charge < -0.3 is 10.6 Å². The van der Waals surface area contributed by atoms with E-state index in [1.54, 1.807) is 11.3 Å². The van der Waals surface area contributed by atoms with Crippen LogP contribution in [0.15, 0.2) is 66.0 Å². The molecular weight excluding hydrogens is 437 g/mol. The molecule has 2 atom stereocenters. The molecule has 0 spiro atoms. The summed E-state index contributed by atoms with van der Waals surface area (Å²) >= 11 is 1.58. The Morgan fingerprint density at radius 1 is 1.00 bits per heavy atom. The molecule has 0 saturated carbocycles. The number of carbonyl (C=O) groups is 1. The lowest BCUT2D eigenvalue weighted by Crippen LogP contribution is -2.30. The average molecular weight is 464 g/mol. The van der Waals surface area contributed by atoms with E-state index in [0.29, 0.717) is 37.2 Å². The standard InChI is InChI=1S/C23H25N3OS.2ClH/c24-13-19-14-26(15-20(19)18-9-5-2-6-10-18)23(27)21-16-28-22(25-21)12-11-17-7-3-1-4-8-17;;/h1-10,16,19-20H,11-15,24H2;2*1H/t19-,20+;;/m1../s1. The maximum absolute atomic E-state index is 13.0. The average Bonchev–Trinajstić information content (AvgIpc) is 3.40. The lowest BCUT2D eigenvalue weighted by atomic mass is 9.89. The van der Waals surface area contributed by atoms with E-state index in [1.165, 1.54) is 11.1 Å². The molecule has 7 heteroatoms. The van der Waals surface area contributed by atoms with Gasteiger partial charge in [-0.3, -0.25) is 4.79 Å². The predicted octanol–water partition coefficient (Wildman–Crippen LogP) is 4.59. The Labute approximate surface area is 194 Å². The van der Waals surface area contributed by atoms with Crippen LogP contribution in [0, 0.1) is 5.92 Å². The van der Waals surface area contributed by atoms with Crippen molar-refractivity contribution in [1.29, 1.82) is 0 Å². The number of aryl methyl sites for hydroxylation is 2. The van der Waals surface area contributed by atoms with Gasteiger partial charge in [0, 0.05) is 30.8 Å². The van der Waals surface area contributed by atoms with E-state index in [1.807, 2.05) is 34.5 Å². The Morgan fingerprint density at radius 3 is 2.33 bits per heavy atom. The highest BCUT2D eigenvalue weighted by Crippen LogP contribution is 2.33. The molecule has 0 bridgehead atoms. The largest absolute Gasteiger partial charge is 0.336 e. The van der Waals surface area contributed by atoms with Gasteiger partial charge in [0.05, 0.1) is 5.01 Å². The summed E-state index contributed by atoms with van der Waals surface area (Å²) in [5.41, 5.74) is 9.13. The van der Waals surface area contributed by atoms with Crippen molar-refractivity contribution in [1.82, 2.24) is 9.88 Å². The van der Waals surface area contributed by atoms with Crippen LogP contribution in [-0.4, -0.2) is 35.4 Å². The third kappa shape index (κ3) is 5.61. The van der Waals surface area contributed by atoms with Crippen molar-refractivity contribution in [3.05, 3.63) is 87.9 Å². The highest BCUT2D eigenvalue weighted by Gasteiger charge is 2.36. The van der Waals surface area contributed by atoms with Crippen LogP contribution in [0.4, 0.5) is 0 Å². The molecular formula is C23H27Cl2N3OS. The molecule has 1 amide bonds. The topological polar surface area (TPSA) is 59.2 Å². The summed E-state index contributed by atoms with van der Waals surface area (Å²) in [5, 5.41) is 2.91. The second-order valence-electron chi connectivity index (χ2n) is 7.34. The number of hydrogen-bond acceptors (Lipinski definition) is 4. The van der Waals surface area contributed by atoms with Crippen molar-refractivity contribution in [3.63, 3.8) is 0 Å². The van der Waals surface area contributed by atoms with Crippen LogP contribution in [0.5, 0.6) is 0 Å². The number of halogens is 2. The number of nitrogens with zero attached hydrogens (tertiary/aromatic N) is 2. The van der Waals surface area contributed by atoms with Crippen LogP contribution in [0.25, 0.3) is 0 Å². The molecule has 2 heterocycles.